The van der Waals surface area contributed by atoms with E-state index in [1.54, 1.807) is 24.3 Å². The number of aliphatic hydroxyl groups is 1. The number of nitriles is 1. The summed E-state index contributed by atoms with van der Waals surface area (Å²) in [5.41, 5.74) is 5.82. The molecule has 0 amide bonds. The van der Waals surface area contributed by atoms with Crippen LogP contribution in [0.1, 0.15) is 43.4 Å². The summed E-state index contributed by atoms with van der Waals surface area (Å²) in [6.45, 7) is 15.0. The molecule has 0 spiro atoms. The smallest absolute Gasteiger partial charge is 0.157 e. The Morgan fingerprint density at radius 3 is 2.43 bits per heavy atom. The number of carbonyl (C=O) groups is 1. The van der Waals surface area contributed by atoms with E-state index >= 15 is 0 Å². The molecule has 0 aliphatic heterocycles. The lowest BCUT2D eigenvalue weighted by Gasteiger charge is -2.25. The normalized spacial score (nSPS) is 16.0. The van der Waals surface area contributed by atoms with Crippen molar-refractivity contribution in [2.45, 2.75) is 33.6 Å². The third kappa shape index (κ3) is 4.29. The largest absolute Gasteiger partial charge is 0.508 e. The maximum atomic E-state index is 12.7. The van der Waals surface area contributed by atoms with Gasteiger partial charge in [0.05, 0.1) is 11.6 Å². The molecular weight excluding hydrogens is 346 g/mol. The minimum absolute atomic E-state index is 0.0717. The van der Waals surface area contributed by atoms with E-state index in [1.807, 2.05) is 39.0 Å². The number of ketones is 1. The van der Waals surface area contributed by atoms with E-state index < -0.39 is 5.92 Å². The maximum Gasteiger partial charge on any atom is 0.157 e. The van der Waals surface area contributed by atoms with Crippen LogP contribution in [0.3, 0.4) is 0 Å². The minimum Gasteiger partial charge on any atom is -0.508 e. The third-order valence-corrected chi connectivity index (χ3v) is 4.83. The Labute approximate surface area is 167 Å². The summed E-state index contributed by atoms with van der Waals surface area (Å²) in [4.78, 5) is 12.7. The Kier molecular flexibility index (Phi) is 6.38. The van der Waals surface area contributed by atoms with Gasteiger partial charge >= 0.3 is 0 Å². The summed E-state index contributed by atoms with van der Waals surface area (Å²) in [5.74, 6) is -0.513. The fourth-order valence-corrected chi connectivity index (χ4v) is 3.55. The number of hydrogen-bond acceptors (Lipinski definition) is 3. The van der Waals surface area contributed by atoms with E-state index in [0.29, 0.717) is 22.3 Å². The number of aryl methyl sites for hydroxylation is 1. The quantitative estimate of drug-likeness (QED) is 0.516. The van der Waals surface area contributed by atoms with Crippen LogP contribution in [0.5, 0.6) is 0 Å². The lowest BCUT2D eigenvalue weighted by atomic mass is 9.77. The molecule has 3 nitrogen and oxygen atoms in total. The zero-order valence-electron chi connectivity index (χ0n) is 16.8. The molecule has 0 heterocycles. The highest BCUT2D eigenvalue weighted by Crippen LogP contribution is 2.40. The molecule has 0 saturated carbocycles. The number of benzene rings is 1. The molecule has 3 heteroatoms. The van der Waals surface area contributed by atoms with Crippen LogP contribution in [0.15, 0.2) is 89.3 Å². The molecule has 0 fully saturated rings. The van der Waals surface area contributed by atoms with Gasteiger partial charge in [0.2, 0.25) is 0 Å². The fraction of sp³-hybridized carbons (Fsp3) is 0.200. The van der Waals surface area contributed by atoms with E-state index in [4.69, 9.17) is 0 Å². The fourth-order valence-electron chi connectivity index (χ4n) is 3.55. The lowest BCUT2D eigenvalue weighted by molar-refractivity contribution is -0.113. The Balaban J connectivity index is 2.89. The van der Waals surface area contributed by atoms with Gasteiger partial charge < -0.3 is 5.11 Å². The average molecular weight is 371 g/mol. The second-order valence-electron chi connectivity index (χ2n) is 7.07. The first-order valence-corrected chi connectivity index (χ1v) is 9.04. The number of hydrogen-bond donors (Lipinski definition) is 1. The van der Waals surface area contributed by atoms with Crippen LogP contribution in [0.4, 0.5) is 0 Å². The summed E-state index contributed by atoms with van der Waals surface area (Å²) < 4.78 is 0. The van der Waals surface area contributed by atoms with Crippen LogP contribution >= 0.6 is 0 Å². The van der Waals surface area contributed by atoms with Gasteiger partial charge in [-0.25, -0.2) is 0 Å². The van der Waals surface area contributed by atoms with E-state index in [0.717, 1.165) is 22.3 Å². The summed E-state index contributed by atoms with van der Waals surface area (Å²) in [7, 11) is 0. The molecule has 0 saturated heterocycles. The lowest BCUT2D eigenvalue weighted by Crippen LogP contribution is -2.16. The Hall–Kier alpha value is -3.38. The second-order valence-corrected chi connectivity index (χ2v) is 7.07. The molecule has 142 valence electrons. The Morgan fingerprint density at radius 2 is 1.89 bits per heavy atom. The molecule has 1 aromatic rings. The van der Waals surface area contributed by atoms with Gasteiger partial charge in [0.1, 0.15) is 5.76 Å². The first-order chi connectivity index (χ1) is 13.2. The van der Waals surface area contributed by atoms with Crippen molar-refractivity contribution < 1.29 is 9.90 Å². The number of Topliss-reactive ketones (excluding diaryl/α,β-unsaturated/α-hetero) is 1. The number of aliphatic hydroxyl groups excluding tert-OH is 1. The number of allylic oxidation sites excluding steroid dienone is 9. The summed E-state index contributed by atoms with van der Waals surface area (Å²) in [5, 5.41) is 20.0. The zero-order chi connectivity index (χ0) is 21.0. The van der Waals surface area contributed by atoms with Crippen molar-refractivity contribution in [3.05, 3.63) is 106 Å². The van der Waals surface area contributed by atoms with Crippen molar-refractivity contribution >= 4 is 5.78 Å². The molecular formula is C25H25NO2. The van der Waals surface area contributed by atoms with E-state index in [1.165, 1.54) is 6.92 Å². The SMILES string of the molecule is C=C/C(C)=C(/C(C)=O)C(C1=CC(C)=CC(=C)C=C1O)c1ccc(C#N)cc1C. The summed E-state index contributed by atoms with van der Waals surface area (Å²) >= 11 is 0. The second kappa shape index (κ2) is 8.54. The van der Waals surface area contributed by atoms with Crippen LogP contribution in [-0.2, 0) is 4.79 Å². The first-order valence-electron chi connectivity index (χ1n) is 9.04. The zero-order valence-corrected chi connectivity index (χ0v) is 16.8. The molecule has 1 N–H and O–H groups in total. The highest BCUT2D eigenvalue weighted by atomic mass is 16.3. The molecule has 28 heavy (non-hydrogen) atoms. The van der Waals surface area contributed by atoms with Crippen molar-refractivity contribution in [2.75, 3.05) is 0 Å². The molecule has 1 aliphatic carbocycles. The molecule has 0 aromatic heterocycles. The van der Waals surface area contributed by atoms with Gasteiger partial charge in [-0.2, -0.15) is 5.26 Å². The van der Waals surface area contributed by atoms with Gasteiger partial charge in [0, 0.05) is 17.1 Å². The number of rotatable bonds is 5. The minimum atomic E-state index is -0.492. The monoisotopic (exact) mass is 371 g/mol. The van der Waals surface area contributed by atoms with Crippen molar-refractivity contribution in [3.63, 3.8) is 0 Å². The Morgan fingerprint density at radius 1 is 1.21 bits per heavy atom. The highest BCUT2D eigenvalue weighted by molar-refractivity contribution is 5.97. The first kappa shape index (κ1) is 20.9. The van der Waals surface area contributed by atoms with Crippen molar-refractivity contribution in [1.82, 2.24) is 0 Å². The van der Waals surface area contributed by atoms with Crippen LogP contribution in [0.25, 0.3) is 0 Å². The van der Waals surface area contributed by atoms with Crippen molar-refractivity contribution in [3.8, 4) is 6.07 Å². The standard InChI is InChI=1S/C25H25NO2/c1-7-17(4)24(19(6)27)25(21-9-8-20(14-26)13-18(21)5)22-11-15(2)10-16(3)12-23(22)28/h7-13,25,28H,1,3H2,2,4-6H3/b24-17-. The Bertz CT molecular complexity index is 1020. The predicted octanol–water partition coefficient (Wildman–Crippen LogP) is 5.93. The molecule has 2 rings (SSSR count). The average Bonchev–Trinajstić information content (AvgIpc) is 2.75. The molecule has 1 unspecified atom stereocenters. The summed E-state index contributed by atoms with van der Waals surface area (Å²) in [6, 6.07) is 7.52. The third-order valence-electron chi connectivity index (χ3n) is 4.83. The highest BCUT2D eigenvalue weighted by Gasteiger charge is 2.29. The van der Waals surface area contributed by atoms with Crippen molar-refractivity contribution in [1.29, 1.82) is 5.26 Å². The molecule has 1 aromatic carbocycles. The van der Waals surface area contributed by atoms with Gasteiger partial charge in [-0.3, -0.25) is 4.79 Å². The molecule has 0 radical (unpaired) electrons. The van der Waals surface area contributed by atoms with Gasteiger partial charge in [-0.1, -0.05) is 43.0 Å². The van der Waals surface area contributed by atoms with Gasteiger partial charge in [0.25, 0.3) is 0 Å². The number of nitrogens with zero attached hydrogens (tertiary/aromatic N) is 1. The van der Waals surface area contributed by atoms with Crippen LogP contribution in [-0.4, -0.2) is 10.9 Å². The predicted molar refractivity (Wildman–Crippen MR) is 114 cm³/mol. The van der Waals surface area contributed by atoms with Gasteiger partial charge in [0.15, 0.2) is 5.78 Å². The van der Waals surface area contributed by atoms with Crippen LogP contribution in [0.2, 0.25) is 0 Å². The van der Waals surface area contributed by atoms with Gasteiger partial charge in [-0.05, 0) is 68.2 Å². The molecule has 0 bridgehead atoms. The maximum absolute atomic E-state index is 12.7. The van der Waals surface area contributed by atoms with Gasteiger partial charge in [-0.15, -0.1) is 0 Å². The molecule has 1 aliphatic rings. The van der Waals surface area contributed by atoms with E-state index in [9.17, 15) is 15.2 Å². The van der Waals surface area contributed by atoms with E-state index in [2.05, 4.69) is 19.2 Å². The summed E-state index contributed by atoms with van der Waals surface area (Å²) in [6.07, 6.45) is 7.02. The number of carbonyl (C=O) groups excluding carboxylic acids is 1. The van der Waals surface area contributed by atoms with Crippen LogP contribution in [0, 0.1) is 18.3 Å². The topological polar surface area (TPSA) is 61.1 Å². The van der Waals surface area contributed by atoms with Crippen LogP contribution < -0.4 is 0 Å². The molecule has 1 atom stereocenters. The van der Waals surface area contributed by atoms with E-state index in [-0.39, 0.29) is 11.5 Å². The van der Waals surface area contributed by atoms with Crippen molar-refractivity contribution in [2.24, 2.45) is 0 Å².